The molecule has 0 bridgehead atoms. The summed E-state index contributed by atoms with van der Waals surface area (Å²) in [4.78, 5) is 0. The molecule has 1 aromatic carbocycles. The molecule has 0 atom stereocenters. The fourth-order valence-corrected chi connectivity index (χ4v) is 1.83. The molecule has 5 heteroatoms. The van der Waals surface area contributed by atoms with Crippen molar-refractivity contribution in [1.82, 2.24) is 5.32 Å². The zero-order valence-electron chi connectivity index (χ0n) is 11.8. The van der Waals surface area contributed by atoms with E-state index in [1.54, 1.807) is 0 Å². The number of nitrogens with one attached hydrogen (secondary N) is 1. The molecule has 0 heterocycles. The van der Waals surface area contributed by atoms with Gasteiger partial charge in [0.2, 0.25) is 0 Å². The molecule has 0 spiro atoms. The maximum Gasteiger partial charge on any atom is 0.389 e. The standard InChI is InChI=1S/C15H22F3NO/c1-2-9-19-11-13-6-3-4-7-14(13)12-20-10-5-8-15(16,17)18/h3-4,6-7,19H,2,5,8-12H2,1H3. The summed E-state index contributed by atoms with van der Waals surface area (Å²) in [5.41, 5.74) is 2.17. The second kappa shape index (κ2) is 8.97. The summed E-state index contributed by atoms with van der Waals surface area (Å²) < 4.78 is 41.3. The lowest BCUT2D eigenvalue weighted by atomic mass is 10.1. The Morgan fingerprint density at radius 2 is 1.85 bits per heavy atom. The third-order valence-corrected chi connectivity index (χ3v) is 2.87. The van der Waals surface area contributed by atoms with Gasteiger partial charge in [0.15, 0.2) is 0 Å². The molecule has 114 valence electrons. The van der Waals surface area contributed by atoms with E-state index in [0.717, 1.165) is 30.6 Å². The molecule has 0 aliphatic carbocycles. The molecule has 1 N–H and O–H groups in total. The van der Waals surface area contributed by atoms with Crippen molar-refractivity contribution in [2.24, 2.45) is 0 Å². The van der Waals surface area contributed by atoms with E-state index in [1.165, 1.54) is 0 Å². The average molecular weight is 289 g/mol. The molecule has 20 heavy (non-hydrogen) atoms. The molecule has 0 amide bonds. The summed E-state index contributed by atoms with van der Waals surface area (Å²) in [7, 11) is 0. The van der Waals surface area contributed by atoms with E-state index in [4.69, 9.17) is 4.74 Å². The summed E-state index contributed by atoms with van der Waals surface area (Å²) in [5, 5.41) is 3.31. The van der Waals surface area contributed by atoms with Crippen LogP contribution in [0.25, 0.3) is 0 Å². The summed E-state index contributed by atoms with van der Waals surface area (Å²) >= 11 is 0. The smallest absolute Gasteiger partial charge is 0.377 e. The molecule has 2 nitrogen and oxygen atoms in total. The van der Waals surface area contributed by atoms with Crippen LogP contribution in [0, 0.1) is 0 Å². The lowest BCUT2D eigenvalue weighted by Crippen LogP contribution is -2.15. The van der Waals surface area contributed by atoms with Gasteiger partial charge in [0.1, 0.15) is 0 Å². The van der Waals surface area contributed by atoms with E-state index in [-0.39, 0.29) is 13.0 Å². The highest BCUT2D eigenvalue weighted by molar-refractivity contribution is 5.26. The molecular formula is C15H22F3NO. The molecule has 0 aliphatic rings. The number of halogens is 3. The van der Waals surface area contributed by atoms with Gasteiger partial charge in [0, 0.05) is 19.6 Å². The van der Waals surface area contributed by atoms with E-state index < -0.39 is 12.6 Å². The molecule has 0 saturated heterocycles. The number of hydrogen-bond acceptors (Lipinski definition) is 2. The van der Waals surface area contributed by atoms with Gasteiger partial charge in [-0.1, -0.05) is 31.2 Å². The van der Waals surface area contributed by atoms with Crippen LogP contribution in [0.15, 0.2) is 24.3 Å². The van der Waals surface area contributed by atoms with Crippen molar-refractivity contribution in [3.8, 4) is 0 Å². The van der Waals surface area contributed by atoms with Crippen LogP contribution >= 0.6 is 0 Å². The largest absolute Gasteiger partial charge is 0.389 e. The van der Waals surface area contributed by atoms with Crippen LogP contribution < -0.4 is 5.32 Å². The zero-order chi connectivity index (χ0) is 14.8. The predicted molar refractivity (Wildman–Crippen MR) is 73.4 cm³/mol. The quantitative estimate of drug-likeness (QED) is 0.693. The van der Waals surface area contributed by atoms with Crippen LogP contribution in [0.4, 0.5) is 13.2 Å². The minimum atomic E-state index is -4.09. The number of ether oxygens (including phenoxy) is 1. The molecule has 0 saturated carbocycles. The molecule has 0 aliphatic heterocycles. The minimum absolute atomic E-state index is 0.0136. The molecule has 1 rings (SSSR count). The maximum atomic E-state index is 12.0. The van der Waals surface area contributed by atoms with Gasteiger partial charge in [-0.15, -0.1) is 0 Å². The van der Waals surface area contributed by atoms with Gasteiger partial charge >= 0.3 is 6.18 Å². The third kappa shape index (κ3) is 7.50. The zero-order valence-corrected chi connectivity index (χ0v) is 11.8. The molecule has 0 aromatic heterocycles. The van der Waals surface area contributed by atoms with E-state index >= 15 is 0 Å². The molecule has 0 unspecified atom stereocenters. The minimum Gasteiger partial charge on any atom is -0.377 e. The van der Waals surface area contributed by atoms with Crippen molar-refractivity contribution in [3.63, 3.8) is 0 Å². The van der Waals surface area contributed by atoms with Crippen molar-refractivity contribution in [2.75, 3.05) is 13.2 Å². The average Bonchev–Trinajstić information content (AvgIpc) is 2.39. The van der Waals surface area contributed by atoms with Crippen LogP contribution in [0.1, 0.15) is 37.3 Å². The third-order valence-electron chi connectivity index (χ3n) is 2.87. The molecule has 1 aromatic rings. The Labute approximate surface area is 118 Å². The Balaban J connectivity index is 2.32. The highest BCUT2D eigenvalue weighted by atomic mass is 19.4. The van der Waals surface area contributed by atoms with E-state index in [2.05, 4.69) is 12.2 Å². The van der Waals surface area contributed by atoms with Crippen molar-refractivity contribution in [3.05, 3.63) is 35.4 Å². The van der Waals surface area contributed by atoms with Crippen molar-refractivity contribution >= 4 is 0 Å². The van der Waals surface area contributed by atoms with Crippen LogP contribution in [0.5, 0.6) is 0 Å². The second-order valence-corrected chi connectivity index (χ2v) is 4.72. The fraction of sp³-hybridized carbons (Fsp3) is 0.600. The number of benzene rings is 1. The first-order valence-electron chi connectivity index (χ1n) is 6.95. The highest BCUT2D eigenvalue weighted by Crippen LogP contribution is 2.21. The maximum absolute atomic E-state index is 12.0. The first kappa shape index (κ1) is 17.0. The van der Waals surface area contributed by atoms with E-state index in [9.17, 15) is 13.2 Å². The van der Waals surface area contributed by atoms with Crippen molar-refractivity contribution in [2.45, 2.75) is 45.5 Å². The molecular weight excluding hydrogens is 267 g/mol. The first-order chi connectivity index (χ1) is 9.53. The predicted octanol–water partition coefficient (Wildman–Crippen LogP) is 4.05. The van der Waals surface area contributed by atoms with E-state index in [1.807, 2.05) is 24.3 Å². The lowest BCUT2D eigenvalue weighted by Gasteiger charge is -2.11. The van der Waals surface area contributed by atoms with Gasteiger partial charge < -0.3 is 10.1 Å². The summed E-state index contributed by atoms with van der Waals surface area (Å²) in [6.07, 6.45) is -3.80. The van der Waals surface area contributed by atoms with Crippen LogP contribution in [-0.4, -0.2) is 19.3 Å². The van der Waals surface area contributed by atoms with Gasteiger partial charge in [-0.3, -0.25) is 0 Å². The Bertz CT molecular complexity index is 380. The summed E-state index contributed by atoms with van der Waals surface area (Å²) in [6, 6.07) is 7.83. The Morgan fingerprint density at radius 3 is 2.50 bits per heavy atom. The SMILES string of the molecule is CCCNCc1ccccc1COCCCC(F)(F)F. The van der Waals surface area contributed by atoms with E-state index in [0.29, 0.717) is 6.61 Å². The Hall–Kier alpha value is -1.07. The monoisotopic (exact) mass is 289 g/mol. The fourth-order valence-electron chi connectivity index (χ4n) is 1.83. The number of hydrogen-bond donors (Lipinski definition) is 1. The second-order valence-electron chi connectivity index (χ2n) is 4.72. The first-order valence-corrected chi connectivity index (χ1v) is 6.95. The highest BCUT2D eigenvalue weighted by Gasteiger charge is 2.25. The lowest BCUT2D eigenvalue weighted by molar-refractivity contribution is -0.138. The summed E-state index contributed by atoms with van der Waals surface area (Å²) in [5.74, 6) is 0. The van der Waals surface area contributed by atoms with Gasteiger partial charge in [0.25, 0.3) is 0 Å². The topological polar surface area (TPSA) is 21.3 Å². The van der Waals surface area contributed by atoms with Gasteiger partial charge in [-0.2, -0.15) is 13.2 Å². The van der Waals surface area contributed by atoms with Crippen LogP contribution in [0.2, 0.25) is 0 Å². The Kier molecular flexibility index (Phi) is 7.62. The van der Waals surface area contributed by atoms with Crippen LogP contribution in [0.3, 0.4) is 0 Å². The van der Waals surface area contributed by atoms with Crippen molar-refractivity contribution < 1.29 is 17.9 Å². The molecule has 0 radical (unpaired) electrons. The Morgan fingerprint density at radius 1 is 1.15 bits per heavy atom. The van der Waals surface area contributed by atoms with Crippen molar-refractivity contribution in [1.29, 1.82) is 0 Å². The van der Waals surface area contributed by atoms with Crippen LogP contribution in [-0.2, 0) is 17.9 Å². The molecule has 0 fully saturated rings. The number of alkyl halides is 3. The van der Waals surface area contributed by atoms with Gasteiger partial charge in [-0.05, 0) is 30.5 Å². The van der Waals surface area contributed by atoms with Gasteiger partial charge in [-0.25, -0.2) is 0 Å². The number of rotatable bonds is 9. The summed E-state index contributed by atoms with van der Waals surface area (Å²) in [6.45, 7) is 4.30. The normalized spacial score (nSPS) is 11.8. The van der Waals surface area contributed by atoms with Gasteiger partial charge in [0.05, 0.1) is 6.61 Å².